The first kappa shape index (κ1) is 12.1. The standard InChI is InChI=1S/C13H22O3/c1-10-5-7-15-13(3)11(10)9-16-12(13,2)6-8-14-4/h11H,1,5-9H2,2-4H3/t11-,12-,13+/m1/s1. The number of methoxy groups -OCH3 is 1. The van der Waals surface area contributed by atoms with Gasteiger partial charge in [-0.2, -0.15) is 0 Å². The van der Waals surface area contributed by atoms with Gasteiger partial charge in [0, 0.05) is 26.1 Å². The van der Waals surface area contributed by atoms with Gasteiger partial charge in [-0.1, -0.05) is 12.2 Å². The van der Waals surface area contributed by atoms with Gasteiger partial charge in [-0.25, -0.2) is 0 Å². The van der Waals surface area contributed by atoms with E-state index in [-0.39, 0.29) is 11.2 Å². The summed E-state index contributed by atoms with van der Waals surface area (Å²) < 4.78 is 17.2. The first-order valence-corrected chi connectivity index (χ1v) is 5.98. The van der Waals surface area contributed by atoms with Gasteiger partial charge >= 0.3 is 0 Å². The Morgan fingerprint density at radius 2 is 2.19 bits per heavy atom. The SMILES string of the molecule is C=C1CCO[C@@]2(C)[C@@H]1CO[C@]2(C)CCOC. The number of hydrogen-bond donors (Lipinski definition) is 0. The summed E-state index contributed by atoms with van der Waals surface area (Å²) in [5, 5.41) is 0. The van der Waals surface area contributed by atoms with Gasteiger partial charge in [0.2, 0.25) is 0 Å². The first-order valence-electron chi connectivity index (χ1n) is 5.98. The Bertz CT molecular complexity index is 289. The molecular formula is C13H22O3. The van der Waals surface area contributed by atoms with E-state index in [1.54, 1.807) is 7.11 Å². The van der Waals surface area contributed by atoms with Crippen LogP contribution in [0.4, 0.5) is 0 Å². The van der Waals surface area contributed by atoms with E-state index in [0.717, 1.165) is 26.1 Å². The van der Waals surface area contributed by atoms with Crippen LogP contribution in [0.1, 0.15) is 26.7 Å². The largest absolute Gasteiger partial charge is 0.385 e. The van der Waals surface area contributed by atoms with E-state index in [1.165, 1.54) is 5.57 Å². The van der Waals surface area contributed by atoms with Crippen LogP contribution in [0.25, 0.3) is 0 Å². The smallest absolute Gasteiger partial charge is 0.103 e. The second-order valence-corrected chi connectivity index (χ2v) is 5.20. The van der Waals surface area contributed by atoms with E-state index in [2.05, 4.69) is 20.4 Å². The molecule has 92 valence electrons. The zero-order valence-electron chi connectivity index (χ0n) is 10.5. The molecule has 2 aliphatic heterocycles. The maximum absolute atomic E-state index is 6.03. The number of hydrogen-bond acceptors (Lipinski definition) is 3. The number of ether oxygens (including phenoxy) is 3. The van der Waals surface area contributed by atoms with Gasteiger partial charge in [-0.05, 0) is 20.3 Å². The van der Waals surface area contributed by atoms with E-state index in [0.29, 0.717) is 12.5 Å². The van der Waals surface area contributed by atoms with Gasteiger partial charge in [0.1, 0.15) is 5.60 Å². The lowest BCUT2D eigenvalue weighted by Crippen LogP contribution is -2.54. The van der Waals surface area contributed by atoms with Crippen LogP contribution < -0.4 is 0 Å². The zero-order chi connectivity index (χ0) is 11.8. The number of rotatable bonds is 3. The third kappa shape index (κ3) is 1.62. The van der Waals surface area contributed by atoms with Gasteiger partial charge < -0.3 is 14.2 Å². The van der Waals surface area contributed by atoms with Gasteiger partial charge in [0.25, 0.3) is 0 Å². The average Bonchev–Trinajstić information content (AvgIpc) is 2.51. The second-order valence-electron chi connectivity index (χ2n) is 5.20. The summed E-state index contributed by atoms with van der Waals surface area (Å²) in [5.74, 6) is 0.336. The van der Waals surface area contributed by atoms with Crippen molar-refractivity contribution in [3.05, 3.63) is 12.2 Å². The van der Waals surface area contributed by atoms with Crippen molar-refractivity contribution in [1.29, 1.82) is 0 Å². The van der Waals surface area contributed by atoms with Crippen LogP contribution in [0.3, 0.4) is 0 Å². The molecule has 0 aliphatic carbocycles. The molecule has 2 fully saturated rings. The van der Waals surface area contributed by atoms with Crippen LogP contribution in [0.5, 0.6) is 0 Å². The summed E-state index contributed by atoms with van der Waals surface area (Å²) in [7, 11) is 1.72. The third-order valence-electron chi connectivity index (χ3n) is 4.38. The Labute approximate surface area is 97.8 Å². The number of fused-ring (bicyclic) bond motifs is 1. The minimum Gasteiger partial charge on any atom is -0.385 e. The Hall–Kier alpha value is -0.380. The molecule has 2 saturated heterocycles. The average molecular weight is 226 g/mol. The molecule has 2 heterocycles. The molecule has 0 saturated carbocycles. The Morgan fingerprint density at radius 3 is 2.88 bits per heavy atom. The highest BCUT2D eigenvalue weighted by Crippen LogP contribution is 2.50. The molecular weight excluding hydrogens is 204 g/mol. The molecule has 3 nitrogen and oxygen atoms in total. The minimum absolute atomic E-state index is 0.235. The van der Waals surface area contributed by atoms with E-state index >= 15 is 0 Å². The normalized spacial score (nSPS) is 43.4. The molecule has 0 spiro atoms. The van der Waals surface area contributed by atoms with Crippen LogP contribution in [-0.4, -0.2) is 38.1 Å². The van der Waals surface area contributed by atoms with E-state index < -0.39 is 0 Å². The van der Waals surface area contributed by atoms with Gasteiger partial charge in [0.05, 0.1) is 18.8 Å². The molecule has 0 aromatic carbocycles. The van der Waals surface area contributed by atoms with Crippen molar-refractivity contribution in [2.75, 3.05) is 26.9 Å². The molecule has 3 heteroatoms. The maximum Gasteiger partial charge on any atom is 0.103 e. The summed E-state index contributed by atoms with van der Waals surface area (Å²) in [6.45, 7) is 10.6. The van der Waals surface area contributed by atoms with Crippen molar-refractivity contribution >= 4 is 0 Å². The molecule has 0 radical (unpaired) electrons. The molecule has 0 amide bonds. The van der Waals surface area contributed by atoms with Crippen LogP contribution in [-0.2, 0) is 14.2 Å². The van der Waals surface area contributed by atoms with E-state index in [1.807, 2.05) is 0 Å². The van der Waals surface area contributed by atoms with Crippen molar-refractivity contribution in [3.63, 3.8) is 0 Å². The summed E-state index contributed by atoms with van der Waals surface area (Å²) in [4.78, 5) is 0. The molecule has 0 aromatic rings. The Morgan fingerprint density at radius 1 is 1.44 bits per heavy atom. The Balaban J connectivity index is 2.20. The third-order valence-corrected chi connectivity index (χ3v) is 4.38. The van der Waals surface area contributed by atoms with Crippen LogP contribution in [0, 0.1) is 5.92 Å². The first-order chi connectivity index (χ1) is 7.53. The highest BCUT2D eigenvalue weighted by atomic mass is 16.6. The summed E-state index contributed by atoms with van der Waals surface area (Å²) >= 11 is 0. The van der Waals surface area contributed by atoms with Gasteiger partial charge in [-0.15, -0.1) is 0 Å². The van der Waals surface area contributed by atoms with Crippen molar-refractivity contribution in [1.82, 2.24) is 0 Å². The molecule has 0 bridgehead atoms. The zero-order valence-corrected chi connectivity index (χ0v) is 10.5. The fourth-order valence-corrected chi connectivity index (χ4v) is 2.88. The second kappa shape index (κ2) is 4.13. The monoisotopic (exact) mass is 226 g/mol. The van der Waals surface area contributed by atoms with Gasteiger partial charge in [0.15, 0.2) is 0 Å². The predicted octanol–water partition coefficient (Wildman–Crippen LogP) is 2.16. The van der Waals surface area contributed by atoms with Crippen molar-refractivity contribution < 1.29 is 14.2 Å². The molecule has 0 aromatic heterocycles. The topological polar surface area (TPSA) is 27.7 Å². The highest BCUT2D eigenvalue weighted by Gasteiger charge is 2.58. The lowest BCUT2D eigenvalue weighted by Gasteiger charge is -2.45. The van der Waals surface area contributed by atoms with Crippen molar-refractivity contribution in [2.24, 2.45) is 5.92 Å². The highest BCUT2D eigenvalue weighted by molar-refractivity contribution is 5.19. The molecule has 3 atom stereocenters. The molecule has 2 aliphatic rings. The fraction of sp³-hybridized carbons (Fsp3) is 0.846. The molecule has 0 N–H and O–H groups in total. The molecule has 2 rings (SSSR count). The fourth-order valence-electron chi connectivity index (χ4n) is 2.88. The van der Waals surface area contributed by atoms with Gasteiger partial charge in [-0.3, -0.25) is 0 Å². The van der Waals surface area contributed by atoms with Crippen LogP contribution in [0.15, 0.2) is 12.2 Å². The predicted molar refractivity (Wildman–Crippen MR) is 62.5 cm³/mol. The molecule has 16 heavy (non-hydrogen) atoms. The van der Waals surface area contributed by atoms with E-state index in [9.17, 15) is 0 Å². The Kier molecular flexibility index (Phi) is 3.12. The van der Waals surface area contributed by atoms with Crippen LogP contribution >= 0.6 is 0 Å². The maximum atomic E-state index is 6.03. The van der Waals surface area contributed by atoms with Crippen LogP contribution in [0.2, 0.25) is 0 Å². The molecule has 0 unspecified atom stereocenters. The van der Waals surface area contributed by atoms with Crippen molar-refractivity contribution in [2.45, 2.75) is 37.9 Å². The summed E-state index contributed by atoms with van der Waals surface area (Å²) in [5.41, 5.74) is 0.785. The lowest BCUT2D eigenvalue weighted by atomic mass is 9.72. The lowest BCUT2D eigenvalue weighted by molar-refractivity contribution is -0.159. The summed E-state index contributed by atoms with van der Waals surface area (Å²) in [6, 6.07) is 0. The van der Waals surface area contributed by atoms with E-state index in [4.69, 9.17) is 14.2 Å². The quantitative estimate of drug-likeness (QED) is 0.690. The summed E-state index contributed by atoms with van der Waals surface area (Å²) in [6.07, 6.45) is 1.83. The van der Waals surface area contributed by atoms with Crippen molar-refractivity contribution in [3.8, 4) is 0 Å². The minimum atomic E-state index is -0.253.